The fourth-order valence-corrected chi connectivity index (χ4v) is 3.77. The van der Waals surface area contributed by atoms with Gasteiger partial charge in [-0.1, -0.05) is 27.7 Å². The van der Waals surface area contributed by atoms with Crippen LogP contribution in [0.4, 0.5) is 11.4 Å². The molecule has 2 N–H and O–H groups in total. The van der Waals surface area contributed by atoms with Crippen LogP contribution in [0.5, 0.6) is 0 Å². The molecule has 2 aromatic rings. The van der Waals surface area contributed by atoms with Gasteiger partial charge < -0.3 is 10.4 Å². The number of hydrogen-bond donors (Lipinski definition) is 2. The van der Waals surface area contributed by atoms with Crippen LogP contribution in [-0.2, 0) is 9.59 Å². The number of nitrogens with one attached hydrogen (secondary N) is 1. The molecule has 9 heteroatoms. The highest BCUT2D eigenvalue weighted by Crippen LogP contribution is 2.29. The molecular formula is C19H16BrN3O4S. The summed E-state index contributed by atoms with van der Waals surface area (Å²) < 4.78 is 0.920. The molecule has 2 amide bonds. The molecule has 0 saturated carbocycles. The summed E-state index contributed by atoms with van der Waals surface area (Å²) in [5, 5.41) is 11.5. The van der Waals surface area contributed by atoms with E-state index in [0.29, 0.717) is 16.5 Å². The number of nitrogens with zero attached hydrogens (tertiary/aromatic N) is 2. The second-order valence-electron chi connectivity index (χ2n) is 6.01. The number of carbonyl (C=O) groups excluding carboxylic acids is 2. The topological polar surface area (TPSA) is 99.1 Å². The molecule has 1 fully saturated rings. The second kappa shape index (κ2) is 8.57. The third kappa shape index (κ3) is 4.79. The second-order valence-corrected chi connectivity index (χ2v) is 8.09. The Labute approximate surface area is 174 Å². The van der Waals surface area contributed by atoms with Crippen LogP contribution in [0, 0.1) is 0 Å². The van der Waals surface area contributed by atoms with Crippen molar-refractivity contribution in [1.82, 2.24) is 4.90 Å². The summed E-state index contributed by atoms with van der Waals surface area (Å²) in [6, 6.07) is 13.2. The van der Waals surface area contributed by atoms with E-state index in [0.717, 1.165) is 4.47 Å². The van der Waals surface area contributed by atoms with Crippen LogP contribution in [-0.4, -0.2) is 45.3 Å². The third-order valence-corrected chi connectivity index (χ3v) is 5.78. The minimum absolute atomic E-state index is 0.0551. The summed E-state index contributed by atoms with van der Waals surface area (Å²) in [5.41, 5.74) is 1.27. The van der Waals surface area contributed by atoms with Crippen molar-refractivity contribution in [2.24, 2.45) is 4.99 Å². The van der Waals surface area contributed by atoms with Crippen molar-refractivity contribution in [2.75, 3.05) is 12.4 Å². The molecule has 1 saturated heterocycles. The summed E-state index contributed by atoms with van der Waals surface area (Å²) in [6.45, 7) is 0. The van der Waals surface area contributed by atoms with Crippen molar-refractivity contribution in [3.05, 3.63) is 58.6 Å². The van der Waals surface area contributed by atoms with E-state index in [1.165, 1.54) is 40.9 Å². The number of carboxylic acid groups (broad SMARTS) is 1. The number of rotatable bonds is 4. The highest BCUT2D eigenvalue weighted by atomic mass is 79.9. The highest BCUT2D eigenvalue weighted by Gasteiger charge is 2.34. The standard InChI is InChI=1S/C19H16BrN3O4S/c1-23-16(24)10-15(28-19(23)22-14-8-4-12(20)5-9-14)17(25)21-13-6-2-11(3-7-13)18(26)27/h2-9,15H,10H2,1H3,(H,21,25)(H,26,27)/t15-/m1/s1. The van der Waals surface area contributed by atoms with Gasteiger partial charge >= 0.3 is 5.97 Å². The molecule has 1 aliphatic rings. The first-order chi connectivity index (χ1) is 13.3. The Bertz CT molecular complexity index is 945. The maximum absolute atomic E-state index is 12.6. The molecule has 7 nitrogen and oxygen atoms in total. The minimum atomic E-state index is -1.04. The van der Waals surface area contributed by atoms with E-state index in [1.807, 2.05) is 24.3 Å². The van der Waals surface area contributed by atoms with Crippen molar-refractivity contribution in [1.29, 1.82) is 0 Å². The molecule has 2 aromatic carbocycles. The summed E-state index contributed by atoms with van der Waals surface area (Å²) in [5.74, 6) is -1.57. The van der Waals surface area contributed by atoms with Gasteiger partial charge in [0.05, 0.1) is 11.3 Å². The molecule has 0 unspecified atom stereocenters. The lowest BCUT2D eigenvalue weighted by Crippen LogP contribution is -2.43. The molecule has 0 spiro atoms. The van der Waals surface area contributed by atoms with Crippen molar-refractivity contribution < 1.29 is 19.5 Å². The van der Waals surface area contributed by atoms with Gasteiger partial charge in [-0.3, -0.25) is 14.5 Å². The molecule has 0 aliphatic carbocycles. The van der Waals surface area contributed by atoms with Crippen LogP contribution in [0.1, 0.15) is 16.8 Å². The van der Waals surface area contributed by atoms with Gasteiger partial charge in [0.2, 0.25) is 11.8 Å². The van der Waals surface area contributed by atoms with Gasteiger partial charge in [0.1, 0.15) is 5.25 Å². The molecule has 0 aromatic heterocycles. The molecule has 28 heavy (non-hydrogen) atoms. The number of aromatic carboxylic acids is 1. The number of amidine groups is 1. The lowest BCUT2D eigenvalue weighted by atomic mass is 10.2. The number of thioether (sulfide) groups is 1. The fourth-order valence-electron chi connectivity index (χ4n) is 2.44. The van der Waals surface area contributed by atoms with E-state index in [2.05, 4.69) is 26.2 Å². The average molecular weight is 462 g/mol. The number of hydrogen-bond acceptors (Lipinski definition) is 5. The summed E-state index contributed by atoms with van der Waals surface area (Å²) in [7, 11) is 1.63. The molecule has 144 valence electrons. The Balaban J connectivity index is 1.74. The van der Waals surface area contributed by atoms with Crippen LogP contribution in [0.25, 0.3) is 0 Å². The fraction of sp³-hybridized carbons (Fsp3) is 0.158. The van der Waals surface area contributed by atoms with Crippen LogP contribution < -0.4 is 5.32 Å². The zero-order chi connectivity index (χ0) is 20.3. The van der Waals surface area contributed by atoms with Crippen molar-refractivity contribution >= 4 is 62.0 Å². The summed E-state index contributed by atoms with van der Waals surface area (Å²) >= 11 is 4.58. The SMILES string of the molecule is CN1C(=O)C[C@H](C(=O)Nc2ccc(C(=O)O)cc2)SC1=Nc1ccc(Br)cc1. The zero-order valence-corrected chi connectivity index (χ0v) is 17.2. The molecule has 0 radical (unpaired) electrons. The van der Waals surface area contributed by atoms with Gasteiger partial charge in [0, 0.05) is 23.6 Å². The highest BCUT2D eigenvalue weighted by molar-refractivity contribution is 9.10. The smallest absolute Gasteiger partial charge is 0.335 e. The van der Waals surface area contributed by atoms with Crippen molar-refractivity contribution in [3.63, 3.8) is 0 Å². The van der Waals surface area contributed by atoms with Crippen LogP contribution in [0.15, 0.2) is 58.0 Å². The van der Waals surface area contributed by atoms with Crippen molar-refractivity contribution in [3.8, 4) is 0 Å². The maximum Gasteiger partial charge on any atom is 0.335 e. The predicted molar refractivity (Wildman–Crippen MR) is 112 cm³/mol. The van der Waals surface area contributed by atoms with E-state index in [4.69, 9.17) is 5.11 Å². The Kier molecular flexibility index (Phi) is 6.15. The zero-order valence-electron chi connectivity index (χ0n) is 14.8. The van der Waals surface area contributed by atoms with Crippen molar-refractivity contribution in [2.45, 2.75) is 11.7 Å². The monoisotopic (exact) mass is 461 g/mol. The summed E-state index contributed by atoms with van der Waals surface area (Å²) in [6.07, 6.45) is 0.0551. The Morgan fingerprint density at radius 1 is 1.18 bits per heavy atom. The Morgan fingerprint density at radius 2 is 1.82 bits per heavy atom. The summed E-state index contributed by atoms with van der Waals surface area (Å²) in [4.78, 5) is 41.7. The predicted octanol–water partition coefficient (Wildman–Crippen LogP) is 3.74. The van der Waals surface area contributed by atoms with Gasteiger partial charge in [-0.2, -0.15) is 0 Å². The molecule has 0 bridgehead atoms. The lowest BCUT2D eigenvalue weighted by Gasteiger charge is -2.28. The van der Waals surface area contributed by atoms with E-state index in [9.17, 15) is 14.4 Å². The number of halogens is 1. The van der Waals surface area contributed by atoms with Crippen LogP contribution in [0.2, 0.25) is 0 Å². The van der Waals surface area contributed by atoms with Crippen LogP contribution >= 0.6 is 27.7 Å². The first kappa shape index (κ1) is 20.1. The number of carboxylic acids is 1. The van der Waals surface area contributed by atoms with E-state index < -0.39 is 11.2 Å². The third-order valence-electron chi connectivity index (χ3n) is 4.01. The van der Waals surface area contributed by atoms with Gasteiger partial charge in [0.15, 0.2) is 5.17 Å². The van der Waals surface area contributed by atoms with Crippen LogP contribution in [0.3, 0.4) is 0 Å². The quantitative estimate of drug-likeness (QED) is 0.722. The normalized spacial score (nSPS) is 18.2. The molecule has 1 atom stereocenters. The minimum Gasteiger partial charge on any atom is -0.478 e. The largest absolute Gasteiger partial charge is 0.478 e. The number of aliphatic imine (C=N–C) groups is 1. The number of carbonyl (C=O) groups is 3. The average Bonchev–Trinajstić information content (AvgIpc) is 2.67. The van der Waals surface area contributed by atoms with Gasteiger partial charge in [-0.15, -0.1) is 0 Å². The lowest BCUT2D eigenvalue weighted by molar-refractivity contribution is -0.128. The Morgan fingerprint density at radius 3 is 2.43 bits per heavy atom. The van der Waals surface area contributed by atoms with Gasteiger partial charge in [-0.05, 0) is 48.5 Å². The number of amides is 2. The van der Waals surface area contributed by atoms with Gasteiger partial charge in [-0.25, -0.2) is 9.79 Å². The van der Waals surface area contributed by atoms with Gasteiger partial charge in [0.25, 0.3) is 0 Å². The number of benzene rings is 2. The molecular weight excluding hydrogens is 446 g/mol. The Hall–Kier alpha value is -2.65. The van der Waals surface area contributed by atoms with E-state index in [1.54, 1.807) is 7.05 Å². The maximum atomic E-state index is 12.6. The van der Waals surface area contributed by atoms with E-state index in [-0.39, 0.29) is 23.8 Å². The number of anilines is 1. The first-order valence-corrected chi connectivity index (χ1v) is 9.92. The first-order valence-electron chi connectivity index (χ1n) is 8.25. The van der Waals surface area contributed by atoms with E-state index >= 15 is 0 Å². The molecule has 3 rings (SSSR count). The molecule has 1 heterocycles. The molecule has 1 aliphatic heterocycles.